The smallest absolute Gasteiger partial charge is 0.872 e. The van der Waals surface area contributed by atoms with E-state index in [-0.39, 0.29) is 28.6 Å². The molecule has 0 bridgehead atoms. The largest absolute Gasteiger partial charge is 2.00 e. The van der Waals surface area contributed by atoms with Crippen molar-refractivity contribution in [3.63, 3.8) is 0 Å². The molecule has 5 heteroatoms. The van der Waals surface area contributed by atoms with Gasteiger partial charge in [0.25, 0.3) is 0 Å². The van der Waals surface area contributed by atoms with Crippen LogP contribution in [0.25, 0.3) is 43.8 Å². The minimum Gasteiger partial charge on any atom is -0.872 e. The Balaban J connectivity index is 0.000000172. The number of fused-ring (bicyclic) bond motifs is 2. The van der Waals surface area contributed by atoms with Crippen LogP contribution < -0.4 is 10.2 Å². The van der Waals surface area contributed by atoms with Gasteiger partial charge < -0.3 is 10.2 Å². The van der Waals surface area contributed by atoms with Crippen molar-refractivity contribution in [2.45, 2.75) is 0 Å². The van der Waals surface area contributed by atoms with Crippen LogP contribution in [0.1, 0.15) is 11.1 Å². The first-order valence-corrected chi connectivity index (χ1v) is 16.4. The third-order valence-corrected chi connectivity index (χ3v) is 8.50. The van der Waals surface area contributed by atoms with Gasteiger partial charge in [0.15, 0.2) is 0 Å². The van der Waals surface area contributed by atoms with E-state index in [0.29, 0.717) is 11.1 Å². The van der Waals surface area contributed by atoms with E-state index in [1.54, 1.807) is 24.6 Å². The zero-order chi connectivity index (χ0) is 34.1. The Bertz CT molecular complexity index is 2290. The third-order valence-electron chi connectivity index (χ3n) is 8.50. The fraction of sp³-hybridized carbons (Fsp3) is 0. The molecule has 51 heavy (non-hydrogen) atoms. The summed E-state index contributed by atoms with van der Waals surface area (Å²) in [5, 5.41) is 28.6. The maximum Gasteiger partial charge on any atom is 2.00 e. The number of para-hydroxylation sites is 2. The molecule has 8 aromatic carbocycles. The van der Waals surface area contributed by atoms with Crippen molar-refractivity contribution in [3.05, 3.63) is 193 Å². The molecule has 0 aliphatic rings. The second kappa shape index (κ2) is 16.4. The van der Waals surface area contributed by atoms with Crippen molar-refractivity contribution in [2.24, 2.45) is 9.98 Å². The zero-order valence-corrected chi connectivity index (χ0v) is 28.4. The fourth-order valence-electron chi connectivity index (χ4n) is 5.98. The summed E-state index contributed by atoms with van der Waals surface area (Å²) in [5.74, 6) is -0.0284. The molecule has 0 spiro atoms. The monoisotopic (exact) mass is 707 g/mol. The molecule has 0 saturated heterocycles. The van der Waals surface area contributed by atoms with E-state index in [2.05, 4.69) is 34.3 Å². The summed E-state index contributed by atoms with van der Waals surface area (Å²) >= 11 is 0. The molecule has 0 N–H and O–H groups in total. The molecular weight excluding hydrogens is 676 g/mol. The van der Waals surface area contributed by atoms with Crippen LogP contribution in [0.5, 0.6) is 11.5 Å². The second-order valence-electron chi connectivity index (χ2n) is 11.7. The Kier molecular flexibility index (Phi) is 11.1. The molecule has 0 fully saturated rings. The number of hydrogen-bond donors (Lipinski definition) is 0. The molecule has 0 heterocycles. The zero-order valence-electron chi connectivity index (χ0n) is 27.5. The Morgan fingerprint density at radius 2 is 0.706 bits per heavy atom. The van der Waals surface area contributed by atoms with Crippen LogP contribution >= 0.6 is 0 Å². The van der Waals surface area contributed by atoms with Gasteiger partial charge in [0.1, 0.15) is 0 Å². The van der Waals surface area contributed by atoms with E-state index in [4.69, 9.17) is 0 Å². The van der Waals surface area contributed by atoms with Gasteiger partial charge in [-0.2, -0.15) is 0 Å². The van der Waals surface area contributed by atoms with Gasteiger partial charge in [0.05, 0.1) is 11.4 Å². The molecular formula is C46H32CuN2O2. The summed E-state index contributed by atoms with van der Waals surface area (Å²) in [6.45, 7) is 0. The van der Waals surface area contributed by atoms with Gasteiger partial charge in [-0.05, 0) is 55.9 Å². The standard InChI is InChI=1S/2C23H17NO.Cu/c2*25-23-15-14-18-10-4-5-11-19(18)21(23)16-24-22-13-7-6-12-20(22)17-8-2-1-3-9-17;/h2*1-16,25H;/q;;+2/p-2. The van der Waals surface area contributed by atoms with Crippen molar-refractivity contribution in [2.75, 3.05) is 0 Å². The van der Waals surface area contributed by atoms with Crippen LogP contribution in [0.4, 0.5) is 11.4 Å². The van der Waals surface area contributed by atoms with Gasteiger partial charge in [-0.1, -0.05) is 181 Å². The van der Waals surface area contributed by atoms with Crippen LogP contribution in [0.3, 0.4) is 0 Å². The van der Waals surface area contributed by atoms with E-state index in [9.17, 15) is 10.2 Å². The minimum absolute atomic E-state index is 0. The molecule has 8 aromatic rings. The summed E-state index contributed by atoms with van der Waals surface area (Å²) in [6.07, 6.45) is 3.37. The van der Waals surface area contributed by atoms with Gasteiger partial charge >= 0.3 is 17.1 Å². The molecule has 0 saturated carbocycles. The van der Waals surface area contributed by atoms with E-state index in [1.165, 1.54) is 0 Å². The summed E-state index contributed by atoms with van der Waals surface area (Å²) in [6, 6.07) is 58.9. The molecule has 1 radical (unpaired) electrons. The summed E-state index contributed by atoms with van der Waals surface area (Å²) in [4.78, 5) is 9.28. The Hall–Kier alpha value is -6.26. The number of rotatable bonds is 6. The van der Waals surface area contributed by atoms with E-state index in [0.717, 1.165) is 55.2 Å². The normalized spacial score (nSPS) is 11.0. The van der Waals surface area contributed by atoms with Gasteiger partial charge in [-0.15, -0.1) is 0 Å². The number of benzene rings is 8. The number of nitrogens with zero attached hydrogens (tertiary/aromatic N) is 2. The molecule has 0 aliphatic carbocycles. The minimum atomic E-state index is -0.0142. The van der Waals surface area contributed by atoms with Crippen LogP contribution in [-0.2, 0) is 17.1 Å². The average molecular weight is 708 g/mol. The van der Waals surface area contributed by atoms with Crippen molar-refractivity contribution in [1.29, 1.82) is 0 Å². The molecule has 0 amide bonds. The van der Waals surface area contributed by atoms with Gasteiger partial charge in [-0.3, -0.25) is 9.98 Å². The van der Waals surface area contributed by atoms with Crippen molar-refractivity contribution < 1.29 is 27.3 Å². The van der Waals surface area contributed by atoms with Crippen LogP contribution in [0.15, 0.2) is 192 Å². The number of aliphatic imine (C=N–C) groups is 2. The maximum absolute atomic E-state index is 12.3. The second-order valence-corrected chi connectivity index (χ2v) is 11.7. The van der Waals surface area contributed by atoms with E-state index < -0.39 is 0 Å². The van der Waals surface area contributed by atoms with Gasteiger partial charge in [0.2, 0.25) is 0 Å². The first kappa shape index (κ1) is 34.6. The predicted octanol–water partition coefficient (Wildman–Crippen LogP) is 10.7. The van der Waals surface area contributed by atoms with Crippen molar-refractivity contribution >= 4 is 45.3 Å². The molecule has 0 atom stereocenters. The Labute approximate surface area is 308 Å². The summed E-state index contributed by atoms with van der Waals surface area (Å²) < 4.78 is 0. The third kappa shape index (κ3) is 7.98. The Morgan fingerprint density at radius 3 is 1.14 bits per heavy atom. The van der Waals surface area contributed by atoms with Crippen LogP contribution in [-0.4, -0.2) is 12.4 Å². The topological polar surface area (TPSA) is 70.8 Å². The molecule has 0 aliphatic heterocycles. The molecule has 0 aromatic heterocycles. The molecule has 249 valence electrons. The van der Waals surface area contributed by atoms with Crippen LogP contribution in [0.2, 0.25) is 0 Å². The predicted molar refractivity (Wildman–Crippen MR) is 205 cm³/mol. The van der Waals surface area contributed by atoms with Gasteiger partial charge in [0, 0.05) is 23.6 Å². The fourth-order valence-corrected chi connectivity index (χ4v) is 5.98. The quantitative estimate of drug-likeness (QED) is 0.127. The Morgan fingerprint density at radius 1 is 0.353 bits per heavy atom. The summed E-state index contributed by atoms with van der Waals surface area (Å²) in [7, 11) is 0. The van der Waals surface area contributed by atoms with Crippen molar-refractivity contribution in [3.8, 4) is 33.8 Å². The van der Waals surface area contributed by atoms with Crippen LogP contribution in [0, 0.1) is 0 Å². The van der Waals surface area contributed by atoms with Gasteiger partial charge in [-0.25, -0.2) is 0 Å². The maximum atomic E-state index is 12.3. The molecule has 4 nitrogen and oxygen atoms in total. The summed E-state index contributed by atoms with van der Waals surface area (Å²) in [5.41, 5.74) is 7.26. The van der Waals surface area contributed by atoms with Crippen molar-refractivity contribution in [1.82, 2.24) is 0 Å². The SMILES string of the molecule is [Cu+2].[O-]c1ccc2ccccc2c1C=Nc1ccccc1-c1ccccc1.[O-]c1ccc2ccccc2c1C=Nc1ccccc1-c1ccccc1. The van der Waals surface area contributed by atoms with E-state index >= 15 is 0 Å². The van der Waals surface area contributed by atoms with E-state index in [1.807, 2.05) is 146 Å². The number of hydrogen-bond acceptors (Lipinski definition) is 4. The first-order valence-electron chi connectivity index (χ1n) is 16.4. The first-order chi connectivity index (χ1) is 24.7. The molecule has 8 rings (SSSR count). The average Bonchev–Trinajstić information content (AvgIpc) is 3.18. The molecule has 0 unspecified atom stereocenters.